The number of thiocarbonyl (C=S) groups is 1. The van der Waals surface area contributed by atoms with Gasteiger partial charge < -0.3 is 4.74 Å². The van der Waals surface area contributed by atoms with Crippen molar-refractivity contribution in [2.45, 2.75) is 33.6 Å². The van der Waals surface area contributed by atoms with Crippen molar-refractivity contribution in [3.8, 4) is 22.7 Å². The maximum absolute atomic E-state index is 12.8. The number of unbranched alkanes of at least 4 members (excludes halogenated alkanes) is 1. The van der Waals surface area contributed by atoms with Crippen molar-refractivity contribution in [2.75, 3.05) is 13.2 Å². The molecular formula is C26H27N3O2S2. The molecule has 1 saturated heterocycles. The number of aryl methyl sites for hydroxylation is 1. The van der Waals surface area contributed by atoms with Crippen LogP contribution in [0.25, 0.3) is 23.0 Å². The lowest BCUT2D eigenvalue weighted by atomic mass is 10.0. The van der Waals surface area contributed by atoms with E-state index in [2.05, 4.69) is 13.0 Å². The summed E-state index contributed by atoms with van der Waals surface area (Å²) in [7, 11) is 0. The lowest BCUT2D eigenvalue weighted by molar-refractivity contribution is -0.121. The third-order valence-corrected chi connectivity index (χ3v) is 6.82. The van der Waals surface area contributed by atoms with E-state index in [1.165, 1.54) is 11.8 Å². The number of para-hydroxylation sites is 1. The van der Waals surface area contributed by atoms with Gasteiger partial charge in [0.05, 0.1) is 17.2 Å². The van der Waals surface area contributed by atoms with Gasteiger partial charge in [-0.1, -0.05) is 55.5 Å². The van der Waals surface area contributed by atoms with Crippen molar-refractivity contribution in [2.24, 2.45) is 0 Å². The molecule has 0 atom stereocenters. The van der Waals surface area contributed by atoms with Gasteiger partial charge in [-0.05, 0) is 62.2 Å². The van der Waals surface area contributed by atoms with Crippen LogP contribution in [-0.4, -0.2) is 38.1 Å². The third-order valence-electron chi connectivity index (χ3n) is 5.44. The first-order chi connectivity index (χ1) is 16.0. The van der Waals surface area contributed by atoms with Gasteiger partial charge >= 0.3 is 0 Å². The molecule has 1 fully saturated rings. The Morgan fingerprint density at radius 2 is 1.94 bits per heavy atom. The molecule has 7 heteroatoms. The average Bonchev–Trinajstić information content (AvgIpc) is 3.36. The molecule has 2 heterocycles. The zero-order valence-corrected chi connectivity index (χ0v) is 20.7. The van der Waals surface area contributed by atoms with Crippen LogP contribution in [0.5, 0.6) is 5.75 Å². The number of hydrogen-bond acceptors (Lipinski definition) is 5. The van der Waals surface area contributed by atoms with E-state index in [-0.39, 0.29) is 5.91 Å². The normalized spacial score (nSPS) is 15.0. The van der Waals surface area contributed by atoms with Gasteiger partial charge in [0, 0.05) is 23.9 Å². The van der Waals surface area contributed by atoms with Crippen molar-refractivity contribution in [3.63, 3.8) is 0 Å². The summed E-state index contributed by atoms with van der Waals surface area (Å²) >= 11 is 6.72. The zero-order chi connectivity index (χ0) is 23.4. The molecule has 1 aliphatic heterocycles. The summed E-state index contributed by atoms with van der Waals surface area (Å²) in [6.45, 7) is 7.41. The van der Waals surface area contributed by atoms with Crippen LogP contribution >= 0.6 is 24.0 Å². The Bertz CT molecular complexity index is 1200. The van der Waals surface area contributed by atoms with Crippen LogP contribution in [0, 0.1) is 6.92 Å². The molecule has 0 saturated carbocycles. The molecule has 0 unspecified atom stereocenters. The third kappa shape index (κ3) is 5.04. The summed E-state index contributed by atoms with van der Waals surface area (Å²) in [5.74, 6) is 0.835. The highest BCUT2D eigenvalue weighted by molar-refractivity contribution is 8.26. The summed E-state index contributed by atoms with van der Waals surface area (Å²) in [6, 6.07) is 16.1. The Kier molecular flexibility index (Phi) is 7.30. The zero-order valence-electron chi connectivity index (χ0n) is 19.1. The fourth-order valence-electron chi connectivity index (χ4n) is 3.63. The predicted molar refractivity (Wildman–Crippen MR) is 140 cm³/mol. The maximum atomic E-state index is 12.8. The van der Waals surface area contributed by atoms with Gasteiger partial charge in [0.25, 0.3) is 5.91 Å². The Labute approximate surface area is 204 Å². The standard InChI is InChI=1S/C26H27N3O2S2/c1-4-6-14-31-22-13-12-19(15-18(22)3)24-20(16-23-25(30)28(5-2)26(32)33-23)17-29(27-24)21-10-8-7-9-11-21/h7-13,15-17H,4-6,14H2,1-3H3. The van der Waals surface area contributed by atoms with Gasteiger partial charge in [-0.25, -0.2) is 4.68 Å². The number of benzene rings is 2. The smallest absolute Gasteiger partial charge is 0.266 e. The molecule has 0 bridgehead atoms. The van der Waals surface area contributed by atoms with E-state index in [1.54, 1.807) is 4.90 Å². The number of aromatic nitrogens is 2. The van der Waals surface area contributed by atoms with Crippen LogP contribution < -0.4 is 4.74 Å². The maximum Gasteiger partial charge on any atom is 0.266 e. The molecule has 0 N–H and O–H groups in total. The monoisotopic (exact) mass is 477 g/mol. The molecule has 0 spiro atoms. The molecule has 1 aliphatic rings. The largest absolute Gasteiger partial charge is 0.493 e. The first-order valence-electron chi connectivity index (χ1n) is 11.2. The fourth-order valence-corrected chi connectivity index (χ4v) is 5.00. The second-order valence-corrected chi connectivity index (χ2v) is 9.50. The molecule has 0 radical (unpaired) electrons. The van der Waals surface area contributed by atoms with Crippen molar-refractivity contribution in [1.29, 1.82) is 0 Å². The van der Waals surface area contributed by atoms with E-state index < -0.39 is 0 Å². The van der Waals surface area contributed by atoms with E-state index in [9.17, 15) is 4.79 Å². The number of nitrogens with zero attached hydrogens (tertiary/aromatic N) is 3. The van der Waals surface area contributed by atoms with Crippen LogP contribution in [0.1, 0.15) is 37.8 Å². The summed E-state index contributed by atoms with van der Waals surface area (Å²) in [6.07, 6.45) is 5.99. The molecule has 1 amide bonds. The summed E-state index contributed by atoms with van der Waals surface area (Å²) < 4.78 is 8.37. The van der Waals surface area contributed by atoms with Gasteiger partial charge in [-0.15, -0.1) is 0 Å². The summed E-state index contributed by atoms with van der Waals surface area (Å²) in [5, 5.41) is 4.89. The fraction of sp³-hybridized carbons (Fsp3) is 0.269. The molecule has 33 heavy (non-hydrogen) atoms. The minimum atomic E-state index is -0.0539. The molecule has 1 aromatic heterocycles. The van der Waals surface area contributed by atoms with E-state index in [4.69, 9.17) is 22.1 Å². The number of thioether (sulfide) groups is 1. The van der Waals surface area contributed by atoms with Gasteiger partial charge in [-0.2, -0.15) is 5.10 Å². The van der Waals surface area contributed by atoms with Crippen molar-refractivity contribution in [3.05, 3.63) is 70.8 Å². The number of amides is 1. The van der Waals surface area contributed by atoms with E-state index in [1.807, 2.05) is 73.3 Å². The molecule has 4 rings (SSSR count). The molecule has 0 aliphatic carbocycles. The van der Waals surface area contributed by atoms with Crippen LogP contribution in [0.15, 0.2) is 59.6 Å². The topological polar surface area (TPSA) is 47.4 Å². The Hall–Kier alpha value is -2.90. The second-order valence-electron chi connectivity index (χ2n) is 7.82. The van der Waals surface area contributed by atoms with Gasteiger partial charge in [0.2, 0.25) is 0 Å². The number of likely N-dealkylation sites (N-methyl/N-ethyl adjacent to an activating group) is 1. The average molecular weight is 478 g/mol. The van der Waals surface area contributed by atoms with Gasteiger partial charge in [-0.3, -0.25) is 9.69 Å². The van der Waals surface area contributed by atoms with Crippen molar-refractivity contribution < 1.29 is 9.53 Å². The Morgan fingerprint density at radius 3 is 2.61 bits per heavy atom. The summed E-state index contributed by atoms with van der Waals surface area (Å²) in [4.78, 5) is 15.0. The molecule has 3 aromatic rings. The highest BCUT2D eigenvalue weighted by atomic mass is 32.2. The van der Waals surface area contributed by atoms with E-state index in [0.717, 1.165) is 46.7 Å². The number of ether oxygens (including phenoxy) is 1. The van der Waals surface area contributed by atoms with Crippen molar-refractivity contribution in [1.82, 2.24) is 14.7 Å². The second kappa shape index (κ2) is 10.4. The lowest BCUT2D eigenvalue weighted by Crippen LogP contribution is -2.27. The van der Waals surface area contributed by atoms with Gasteiger partial charge in [0.1, 0.15) is 15.8 Å². The first kappa shape index (κ1) is 23.3. The minimum absolute atomic E-state index is 0.0539. The Balaban J connectivity index is 1.75. The van der Waals surface area contributed by atoms with Crippen LogP contribution in [0.3, 0.4) is 0 Å². The highest BCUT2D eigenvalue weighted by Gasteiger charge is 2.31. The lowest BCUT2D eigenvalue weighted by Gasteiger charge is -2.10. The quantitative estimate of drug-likeness (QED) is 0.218. The highest BCUT2D eigenvalue weighted by Crippen LogP contribution is 2.35. The minimum Gasteiger partial charge on any atom is -0.493 e. The first-order valence-corrected chi connectivity index (χ1v) is 12.4. The molecule has 170 valence electrons. The Morgan fingerprint density at radius 1 is 1.15 bits per heavy atom. The molecule has 2 aromatic carbocycles. The number of hydrogen-bond donors (Lipinski definition) is 0. The van der Waals surface area contributed by atoms with Crippen LogP contribution in [0.2, 0.25) is 0 Å². The number of carbonyl (C=O) groups excluding carboxylic acids is 1. The SMILES string of the molecule is CCCCOc1ccc(-c2nn(-c3ccccc3)cc2C=C2SC(=S)N(CC)C2=O)cc1C. The number of rotatable bonds is 8. The molecule has 5 nitrogen and oxygen atoms in total. The van der Waals surface area contributed by atoms with Crippen LogP contribution in [-0.2, 0) is 4.79 Å². The van der Waals surface area contributed by atoms with Crippen molar-refractivity contribution >= 4 is 40.3 Å². The summed E-state index contributed by atoms with van der Waals surface area (Å²) in [5.41, 5.74) is 4.66. The van der Waals surface area contributed by atoms with Crippen LogP contribution in [0.4, 0.5) is 0 Å². The number of carbonyl (C=O) groups is 1. The predicted octanol–water partition coefficient (Wildman–Crippen LogP) is 6.25. The van der Waals surface area contributed by atoms with Gasteiger partial charge in [0.15, 0.2) is 0 Å². The van der Waals surface area contributed by atoms with E-state index in [0.29, 0.717) is 22.4 Å². The van der Waals surface area contributed by atoms with E-state index >= 15 is 0 Å². The molecular weight excluding hydrogens is 450 g/mol.